The van der Waals surface area contributed by atoms with E-state index in [-0.39, 0.29) is 31.9 Å². The predicted molar refractivity (Wildman–Crippen MR) is 70.8 cm³/mol. The normalized spacial score (nSPS) is 10.5. The summed E-state index contributed by atoms with van der Waals surface area (Å²) in [6, 6.07) is 5.68. The second kappa shape index (κ2) is 5.49. The molecule has 0 N–H and O–H groups in total. The summed E-state index contributed by atoms with van der Waals surface area (Å²) in [6.07, 6.45) is 0. The van der Waals surface area contributed by atoms with Crippen LogP contribution < -0.4 is 4.74 Å². The van der Waals surface area contributed by atoms with Crippen molar-refractivity contribution in [2.75, 3.05) is 0 Å². The largest absolute Gasteiger partial charge is 0.434 e. The molecule has 0 amide bonds. The zero-order valence-corrected chi connectivity index (χ0v) is 11.6. The number of hydrogen-bond donors (Lipinski definition) is 0. The van der Waals surface area contributed by atoms with Crippen molar-refractivity contribution in [2.45, 2.75) is 0 Å². The Balaban J connectivity index is 2.40. The van der Waals surface area contributed by atoms with Crippen LogP contribution >= 0.6 is 46.4 Å². The predicted octanol–water partition coefficient (Wildman–Crippen LogP) is 5.63. The Labute approximate surface area is 122 Å². The number of pyridine rings is 1. The van der Waals surface area contributed by atoms with Gasteiger partial charge in [-0.3, -0.25) is 0 Å². The first-order valence-corrected chi connectivity index (χ1v) is 6.13. The lowest BCUT2D eigenvalue weighted by molar-refractivity contribution is 0.428. The number of rotatable bonds is 2. The standard InChI is InChI=1S/C11H4Cl4FNO/c12-5-2-1-3-8(9(5)16)18-11-7(14)4-6(13)10(15)17-11/h1-4H. The van der Waals surface area contributed by atoms with Gasteiger partial charge in [0.1, 0.15) is 5.02 Å². The highest BCUT2D eigenvalue weighted by Gasteiger charge is 2.13. The molecule has 18 heavy (non-hydrogen) atoms. The molecule has 0 radical (unpaired) electrons. The van der Waals surface area contributed by atoms with E-state index in [1.807, 2.05) is 0 Å². The van der Waals surface area contributed by atoms with Gasteiger partial charge in [0.15, 0.2) is 16.7 Å². The first-order chi connectivity index (χ1) is 8.49. The summed E-state index contributed by atoms with van der Waals surface area (Å²) in [6.45, 7) is 0. The minimum absolute atomic E-state index is 0.0125. The maximum absolute atomic E-state index is 13.6. The molecule has 0 unspecified atom stereocenters. The fraction of sp³-hybridized carbons (Fsp3) is 0. The number of ether oxygens (including phenoxy) is 1. The monoisotopic (exact) mass is 325 g/mol. The van der Waals surface area contributed by atoms with Crippen LogP contribution in [0.1, 0.15) is 0 Å². The van der Waals surface area contributed by atoms with Crippen LogP contribution in [0.2, 0.25) is 20.2 Å². The van der Waals surface area contributed by atoms with E-state index in [1.54, 1.807) is 0 Å². The van der Waals surface area contributed by atoms with Crippen LogP contribution in [-0.2, 0) is 0 Å². The van der Waals surface area contributed by atoms with Gasteiger partial charge >= 0.3 is 0 Å². The minimum atomic E-state index is -0.705. The Hall–Kier alpha value is -0.740. The van der Waals surface area contributed by atoms with Gasteiger partial charge in [0.25, 0.3) is 0 Å². The Morgan fingerprint density at radius 1 is 1.00 bits per heavy atom. The molecule has 1 aromatic heterocycles. The molecule has 0 aliphatic carbocycles. The zero-order chi connectivity index (χ0) is 13.3. The number of nitrogens with zero attached hydrogens (tertiary/aromatic N) is 1. The van der Waals surface area contributed by atoms with E-state index in [0.29, 0.717) is 0 Å². The van der Waals surface area contributed by atoms with Crippen molar-refractivity contribution in [3.8, 4) is 11.6 Å². The van der Waals surface area contributed by atoms with Crippen molar-refractivity contribution >= 4 is 46.4 Å². The Kier molecular flexibility index (Phi) is 4.17. The first-order valence-electron chi connectivity index (χ1n) is 4.62. The highest BCUT2D eigenvalue weighted by Crippen LogP contribution is 2.35. The van der Waals surface area contributed by atoms with Gasteiger partial charge in [0.2, 0.25) is 5.88 Å². The van der Waals surface area contributed by atoms with Crippen molar-refractivity contribution in [3.05, 3.63) is 50.3 Å². The molecular weight excluding hydrogens is 323 g/mol. The molecule has 7 heteroatoms. The molecule has 0 atom stereocenters. The molecule has 0 saturated carbocycles. The van der Waals surface area contributed by atoms with E-state index in [2.05, 4.69) is 4.98 Å². The SMILES string of the molecule is Fc1c(Cl)cccc1Oc1nc(Cl)c(Cl)cc1Cl. The number of aromatic nitrogens is 1. The van der Waals surface area contributed by atoms with Crippen molar-refractivity contribution < 1.29 is 9.13 Å². The lowest BCUT2D eigenvalue weighted by Crippen LogP contribution is -1.93. The van der Waals surface area contributed by atoms with Crippen molar-refractivity contribution in [3.63, 3.8) is 0 Å². The van der Waals surface area contributed by atoms with E-state index in [4.69, 9.17) is 51.1 Å². The molecule has 0 spiro atoms. The van der Waals surface area contributed by atoms with E-state index >= 15 is 0 Å². The third-order valence-corrected chi connectivity index (χ3v) is 3.21. The van der Waals surface area contributed by atoms with E-state index in [0.717, 1.165) is 0 Å². The van der Waals surface area contributed by atoms with Crippen LogP contribution in [0.25, 0.3) is 0 Å². The van der Waals surface area contributed by atoms with Crippen molar-refractivity contribution in [1.82, 2.24) is 4.98 Å². The maximum Gasteiger partial charge on any atom is 0.239 e. The summed E-state index contributed by atoms with van der Waals surface area (Å²) in [4.78, 5) is 3.81. The van der Waals surface area contributed by atoms with Gasteiger partial charge in [-0.15, -0.1) is 0 Å². The van der Waals surface area contributed by atoms with Gasteiger partial charge in [-0.1, -0.05) is 52.5 Å². The Bertz CT molecular complexity index is 606. The van der Waals surface area contributed by atoms with E-state index < -0.39 is 5.82 Å². The van der Waals surface area contributed by atoms with Crippen molar-refractivity contribution in [1.29, 1.82) is 0 Å². The maximum atomic E-state index is 13.6. The van der Waals surface area contributed by atoms with Crippen LogP contribution in [0.4, 0.5) is 4.39 Å². The fourth-order valence-corrected chi connectivity index (χ4v) is 1.86. The summed E-state index contributed by atoms with van der Waals surface area (Å²) in [5.74, 6) is -0.856. The lowest BCUT2D eigenvalue weighted by Gasteiger charge is -2.08. The van der Waals surface area contributed by atoms with Crippen LogP contribution in [0.3, 0.4) is 0 Å². The molecule has 1 aromatic carbocycles. The quantitative estimate of drug-likeness (QED) is 0.667. The average Bonchev–Trinajstić information content (AvgIpc) is 2.32. The van der Waals surface area contributed by atoms with Gasteiger partial charge in [-0.2, -0.15) is 4.98 Å². The molecule has 0 fully saturated rings. The number of halogens is 5. The second-order valence-corrected chi connectivity index (χ2v) is 4.78. The van der Waals surface area contributed by atoms with Gasteiger partial charge in [0.05, 0.1) is 10.0 Å². The topological polar surface area (TPSA) is 22.1 Å². The number of hydrogen-bond acceptors (Lipinski definition) is 2. The molecule has 2 aromatic rings. The molecule has 0 aliphatic heterocycles. The van der Waals surface area contributed by atoms with Crippen LogP contribution in [0.15, 0.2) is 24.3 Å². The van der Waals surface area contributed by atoms with Gasteiger partial charge in [-0.25, -0.2) is 4.39 Å². The Morgan fingerprint density at radius 3 is 2.44 bits per heavy atom. The summed E-state index contributed by atoms with van der Waals surface area (Å²) < 4.78 is 18.8. The van der Waals surface area contributed by atoms with Crippen molar-refractivity contribution in [2.24, 2.45) is 0 Å². The minimum Gasteiger partial charge on any atom is -0.434 e. The van der Waals surface area contributed by atoms with Crippen LogP contribution in [0.5, 0.6) is 11.6 Å². The molecule has 94 valence electrons. The zero-order valence-electron chi connectivity index (χ0n) is 8.55. The summed E-state index contributed by atoms with van der Waals surface area (Å²) >= 11 is 22.9. The third kappa shape index (κ3) is 2.81. The molecule has 1 heterocycles. The smallest absolute Gasteiger partial charge is 0.239 e. The summed E-state index contributed by atoms with van der Waals surface area (Å²) in [7, 11) is 0. The second-order valence-electron chi connectivity index (χ2n) is 3.20. The van der Waals surface area contributed by atoms with Gasteiger partial charge in [0, 0.05) is 0 Å². The molecule has 0 bridgehead atoms. The van der Waals surface area contributed by atoms with Crippen LogP contribution in [-0.4, -0.2) is 4.98 Å². The van der Waals surface area contributed by atoms with E-state index in [1.165, 1.54) is 24.3 Å². The number of benzene rings is 1. The highest BCUT2D eigenvalue weighted by atomic mass is 35.5. The molecule has 0 aliphatic rings. The molecular formula is C11H4Cl4FNO. The highest BCUT2D eigenvalue weighted by molar-refractivity contribution is 6.42. The summed E-state index contributed by atoms with van der Waals surface area (Å²) in [5, 5.41) is 0.242. The first kappa shape index (κ1) is 13.7. The fourth-order valence-electron chi connectivity index (χ4n) is 1.17. The third-order valence-electron chi connectivity index (χ3n) is 1.98. The molecule has 2 rings (SSSR count). The average molecular weight is 327 g/mol. The van der Waals surface area contributed by atoms with Gasteiger partial charge in [-0.05, 0) is 18.2 Å². The van der Waals surface area contributed by atoms with E-state index in [9.17, 15) is 4.39 Å². The van der Waals surface area contributed by atoms with Gasteiger partial charge < -0.3 is 4.74 Å². The molecule has 0 saturated heterocycles. The van der Waals surface area contributed by atoms with Crippen LogP contribution in [0, 0.1) is 5.82 Å². The lowest BCUT2D eigenvalue weighted by atomic mass is 10.3. The summed E-state index contributed by atoms with van der Waals surface area (Å²) in [5.41, 5.74) is 0. The Morgan fingerprint density at radius 2 is 1.72 bits per heavy atom. The molecule has 2 nitrogen and oxygen atoms in total.